The van der Waals surface area contributed by atoms with Crippen molar-refractivity contribution in [2.75, 3.05) is 13.2 Å². The molecule has 0 atom stereocenters. The fourth-order valence-electron chi connectivity index (χ4n) is 1.35. The molecule has 0 saturated carbocycles. The smallest absolute Gasteiger partial charge is 0.243 e. The molecule has 0 aromatic heterocycles. The van der Waals surface area contributed by atoms with E-state index in [0.717, 1.165) is 12.0 Å². The van der Waals surface area contributed by atoms with Gasteiger partial charge in [-0.25, -0.2) is 0 Å². The van der Waals surface area contributed by atoms with E-state index in [2.05, 4.69) is 5.32 Å². The van der Waals surface area contributed by atoms with Crippen LogP contribution in [0.3, 0.4) is 0 Å². The molecule has 1 aromatic carbocycles. The van der Waals surface area contributed by atoms with E-state index >= 15 is 0 Å². The Labute approximate surface area is 107 Å². The number of nitrogens with zero attached hydrogens (tertiary/aromatic N) is 1. The summed E-state index contributed by atoms with van der Waals surface area (Å²) in [5.74, 6) is -0.155. The second kappa shape index (κ2) is 8.04. The minimum absolute atomic E-state index is 0.150. The average Bonchev–Trinajstić information content (AvgIpc) is 2.42. The van der Waals surface area contributed by atoms with Gasteiger partial charge >= 0.3 is 0 Å². The number of nitrogens with one attached hydrogen (secondary N) is 1. The van der Waals surface area contributed by atoms with E-state index in [1.54, 1.807) is 30.3 Å². The van der Waals surface area contributed by atoms with Crippen LogP contribution >= 0.6 is 0 Å². The number of unbranched alkanes of at least 4 members (excludes halogenated alkanes) is 1. The molecule has 0 bridgehead atoms. The maximum atomic E-state index is 11.4. The van der Waals surface area contributed by atoms with Crippen LogP contribution in [0.25, 0.3) is 6.08 Å². The molecule has 0 heterocycles. The molecule has 0 aliphatic rings. The van der Waals surface area contributed by atoms with Crippen LogP contribution < -0.4 is 5.32 Å². The van der Waals surface area contributed by atoms with Crippen molar-refractivity contribution in [1.29, 1.82) is 5.26 Å². The Morgan fingerprint density at radius 3 is 2.67 bits per heavy atom. The molecule has 0 fully saturated rings. The third kappa shape index (κ3) is 5.28. The van der Waals surface area contributed by atoms with Gasteiger partial charge in [-0.1, -0.05) is 12.1 Å². The number of aliphatic hydroxyl groups excluding tert-OH is 1. The lowest BCUT2D eigenvalue weighted by Crippen LogP contribution is -2.22. The number of carbonyl (C=O) groups is 1. The Morgan fingerprint density at radius 1 is 1.33 bits per heavy atom. The van der Waals surface area contributed by atoms with Crippen molar-refractivity contribution < 1.29 is 9.90 Å². The van der Waals surface area contributed by atoms with Gasteiger partial charge in [0.2, 0.25) is 5.91 Å². The summed E-state index contributed by atoms with van der Waals surface area (Å²) in [4.78, 5) is 11.4. The molecule has 1 aromatic rings. The summed E-state index contributed by atoms with van der Waals surface area (Å²) in [7, 11) is 0. The first-order valence-electron chi connectivity index (χ1n) is 5.83. The van der Waals surface area contributed by atoms with E-state index in [0.29, 0.717) is 18.5 Å². The van der Waals surface area contributed by atoms with Crippen LogP contribution in [0.4, 0.5) is 0 Å². The molecule has 0 aliphatic carbocycles. The SMILES string of the molecule is N#Cc1ccc(/C=C/C(=O)NCCCCO)cc1. The predicted octanol–water partition coefficient (Wildman–Crippen LogP) is 1.46. The topological polar surface area (TPSA) is 73.1 Å². The van der Waals surface area contributed by atoms with Gasteiger partial charge in [0.15, 0.2) is 0 Å². The van der Waals surface area contributed by atoms with Crippen molar-refractivity contribution in [1.82, 2.24) is 5.32 Å². The summed E-state index contributed by atoms with van der Waals surface area (Å²) >= 11 is 0. The van der Waals surface area contributed by atoms with Gasteiger partial charge in [0.1, 0.15) is 0 Å². The number of carbonyl (C=O) groups excluding carboxylic acids is 1. The first-order valence-corrected chi connectivity index (χ1v) is 5.83. The van der Waals surface area contributed by atoms with Crippen LogP contribution in [0.1, 0.15) is 24.0 Å². The molecule has 0 unspecified atom stereocenters. The highest BCUT2D eigenvalue weighted by molar-refractivity contribution is 5.91. The molecule has 0 saturated heterocycles. The van der Waals surface area contributed by atoms with Crippen LogP contribution in [0, 0.1) is 11.3 Å². The van der Waals surface area contributed by atoms with Gasteiger partial charge in [-0.15, -0.1) is 0 Å². The Morgan fingerprint density at radius 2 is 2.06 bits per heavy atom. The second-order valence-electron chi connectivity index (χ2n) is 3.79. The summed E-state index contributed by atoms with van der Waals surface area (Å²) in [6.07, 6.45) is 4.62. The van der Waals surface area contributed by atoms with Gasteiger partial charge in [0.05, 0.1) is 11.6 Å². The Balaban J connectivity index is 2.38. The van der Waals surface area contributed by atoms with E-state index in [1.807, 2.05) is 6.07 Å². The van der Waals surface area contributed by atoms with Gasteiger partial charge in [-0.3, -0.25) is 4.79 Å². The molecule has 1 rings (SSSR count). The molecule has 4 nitrogen and oxygen atoms in total. The number of amides is 1. The van der Waals surface area contributed by atoms with E-state index in [1.165, 1.54) is 6.08 Å². The lowest BCUT2D eigenvalue weighted by molar-refractivity contribution is -0.116. The van der Waals surface area contributed by atoms with Crippen LogP contribution in [-0.2, 0) is 4.79 Å². The lowest BCUT2D eigenvalue weighted by Gasteiger charge is -2.00. The van der Waals surface area contributed by atoms with Crippen LogP contribution in [0.5, 0.6) is 0 Å². The normalized spacial score (nSPS) is 10.2. The van der Waals surface area contributed by atoms with Crippen LogP contribution in [0.2, 0.25) is 0 Å². The maximum Gasteiger partial charge on any atom is 0.243 e. The van der Waals surface area contributed by atoms with Crippen molar-refractivity contribution in [3.8, 4) is 6.07 Å². The van der Waals surface area contributed by atoms with Gasteiger partial charge in [-0.05, 0) is 36.6 Å². The van der Waals surface area contributed by atoms with Crippen LogP contribution in [-0.4, -0.2) is 24.2 Å². The molecule has 1 amide bonds. The van der Waals surface area contributed by atoms with E-state index in [-0.39, 0.29) is 12.5 Å². The summed E-state index contributed by atoms with van der Waals surface area (Å²) in [5.41, 5.74) is 1.47. The quantitative estimate of drug-likeness (QED) is 0.587. The number of hydrogen-bond acceptors (Lipinski definition) is 3. The van der Waals surface area contributed by atoms with Crippen LogP contribution in [0.15, 0.2) is 30.3 Å². The predicted molar refractivity (Wildman–Crippen MR) is 69.5 cm³/mol. The largest absolute Gasteiger partial charge is 0.396 e. The molecule has 18 heavy (non-hydrogen) atoms. The molecule has 0 aliphatic heterocycles. The van der Waals surface area contributed by atoms with Gasteiger partial charge in [-0.2, -0.15) is 5.26 Å². The van der Waals surface area contributed by atoms with Crippen molar-refractivity contribution in [2.24, 2.45) is 0 Å². The first kappa shape index (κ1) is 13.9. The molecule has 4 heteroatoms. The third-order valence-corrected chi connectivity index (χ3v) is 2.35. The maximum absolute atomic E-state index is 11.4. The van der Waals surface area contributed by atoms with Crippen molar-refractivity contribution in [3.63, 3.8) is 0 Å². The fraction of sp³-hybridized carbons (Fsp3) is 0.286. The third-order valence-electron chi connectivity index (χ3n) is 2.35. The number of aliphatic hydroxyl groups is 1. The summed E-state index contributed by atoms with van der Waals surface area (Å²) in [6, 6.07) is 9.02. The second-order valence-corrected chi connectivity index (χ2v) is 3.79. The zero-order valence-electron chi connectivity index (χ0n) is 10.1. The minimum atomic E-state index is -0.155. The molecule has 94 valence electrons. The van der Waals surface area contributed by atoms with E-state index < -0.39 is 0 Å². The van der Waals surface area contributed by atoms with E-state index in [9.17, 15) is 4.79 Å². The van der Waals surface area contributed by atoms with Gasteiger partial charge in [0, 0.05) is 19.2 Å². The Bertz CT molecular complexity index is 444. The summed E-state index contributed by atoms with van der Waals surface area (Å²) < 4.78 is 0. The molecule has 0 radical (unpaired) electrons. The summed E-state index contributed by atoms with van der Waals surface area (Å²) in [6.45, 7) is 0.716. The average molecular weight is 244 g/mol. The number of benzene rings is 1. The first-order chi connectivity index (χ1) is 8.76. The monoisotopic (exact) mass is 244 g/mol. The zero-order chi connectivity index (χ0) is 13.2. The Kier molecular flexibility index (Phi) is 6.23. The highest BCUT2D eigenvalue weighted by Gasteiger charge is 1.95. The highest BCUT2D eigenvalue weighted by Crippen LogP contribution is 2.04. The van der Waals surface area contributed by atoms with Crippen molar-refractivity contribution >= 4 is 12.0 Å². The van der Waals surface area contributed by atoms with Gasteiger partial charge in [0.25, 0.3) is 0 Å². The number of rotatable bonds is 6. The molecular formula is C14H16N2O2. The number of nitriles is 1. The number of hydrogen-bond donors (Lipinski definition) is 2. The standard InChI is InChI=1S/C14H16N2O2/c15-11-13-5-3-12(4-6-13)7-8-14(18)16-9-1-2-10-17/h3-8,17H,1-2,9-10H2,(H,16,18)/b8-7+. The fourth-order valence-corrected chi connectivity index (χ4v) is 1.35. The minimum Gasteiger partial charge on any atom is -0.396 e. The van der Waals surface area contributed by atoms with Gasteiger partial charge < -0.3 is 10.4 Å². The highest BCUT2D eigenvalue weighted by atomic mass is 16.2. The van der Waals surface area contributed by atoms with Crippen molar-refractivity contribution in [2.45, 2.75) is 12.8 Å². The molecule has 2 N–H and O–H groups in total. The van der Waals surface area contributed by atoms with Crippen molar-refractivity contribution in [3.05, 3.63) is 41.5 Å². The lowest BCUT2D eigenvalue weighted by atomic mass is 10.1. The van der Waals surface area contributed by atoms with E-state index in [4.69, 9.17) is 10.4 Å². The molecule has 0 spiro atoms. The Hall–Kier alpha value is -2.12. The summed E-state index contributed by atoms with van der Waals surface area (Å²) in [5, 5.41) is 19.9. The zero-order valence-corrected chi connectivity index (χ0v) is 10.1. The molecular weight excluding hydrogens is 228 g/mol.